The molecule has 0 aliphatic carbocycles. The van der Waals surface area contributed by atoms with Gasteiger partial charge in [0.1, 0.15) is 5.69 Å². The summed E-state index contributed by atoms with van der Waals surface area (Å²) < 4.78 is 1.53. The molecule has 0 atom stereocenters. The summed E-state index contributed by atoms with van der Waals surface area (Å²) in [6.45, 7) is 3.59. The van der Waals surface area contributed by atoms with Crippen LogP contribution in [-0.2, 0) is 4.79 Å². The van der Waals surface area contributed by atoms with Crippen LogP contribution in [0.4, 0.5) is 11.4 Å². The highest BCUT2D eigenvalue weighted by molar-refractivity contribution is 8.03. The van der Waals surface area contributed by atoms with E-state index in [0.29, 0.717) is 9.90 Å². The highest BCUT2D eigenvalue weighted by Gasteiger charge is 2.19. The predicted molar refractivity (Wildman–Crippen MR) is 93.6 cm³/mol. The van der Waals surface area contributed by atoms with Crippen molar-refractivity contribution in [3.8, 4) is 0 Å². The van der Waals surface area contributed by atoms with Crippen LogP contribution in [0.15, 0.2) is 20.8 Å². The second kappa shape index (κ2) is 7.75. The number of benzene rings is 1. The van der Waals surface area contributed by atoms with Crippen molar-refractivity contribution < 1.29 is 9.72 Å². The van der Waals surface area contributed by atoms with Gasteiger partial charge in [0, 0.05) is 6.07 Å². The fourth-order valence-corrected chi connectivity index (χ4v) is 3.99. The van der Waals surface area contributed by atoms with Crippen LogP contribution in [0.2, 0.25) is 0 Å². The molecule has 23 heavy (non-hydrogen) atoms. The molecule has 10 heteroatoms. The number of carbonyl (C=O) groups excluding carboxylic acids is 1. The summed E-state index contributed by atoms with van der Waals surface area (Å²) in [6, 6.07) is 3.07. The molecule has 0 fully saturated rings. The van der Waals surface area contributed by atoms with E-state index in [2.05, 4.69) is 15.5 Å². The van der Waals surface area contributed by atoms with Crippen LogP contribution in [0.3, 0.4) is 0 Å². The Hall–Kier alpha value is -1.65. The predicted octanol–water partition coefficient (Wildman–Crippen LogP) is 3.52. The van der Waals surface area contributed by atoms with Crippen LogP contribution in [0, 0.1) is 24.0 Å². The molecule has 0 saturated heterocycles. The fourth-order valence-electron chi connectivity index (χ4n) is 1.75. The van der Waals surface area contributed by atoms with E-state index in [0.717, 1.165) is 9.90 Å². The number of nitro groups is 1. The van der Waals surface area contributed by atoms with Gasteiger partial charge in [-0.3, -0.25) is 14.9 Å². The van der Waals surface area contributed by atoms with Gasteiger partial charge in [-0.2, -0.15) is 0 Å². The quantitative estimate of drug-likeness (QED) is 0.472. The molecule has 1 N–H and O–H groups in total. The Balaban J connectivity index is 2.08. The highest BCUT2D eigenvalue weighted by atomic mass is 32.2. The Morgan fingerprint density at radius 2 is 2.04 bits per heavy atom. The van der Waals surface area contributed by atoms with Crippen molar-refractivity contribution in [3.63, 3.8) is 0 Å². The van der Waals surface area contributed by atoms with Gasteiger partial charge >= 0.3 is 0 Å². The SMILES string of the molecule is CSc1nnc(SCC(=O)Nc2c([N+](=O)[O-])ccc(C)c2C)s1. The number of amides is 1. The number of thioether (sulfide) groups is 2. The largest absolute Gasteiger partial charge is 0.319 e. The third-order valence-corrected chi connectivity index (χ3v) is 6.10. The van der Waals surface area contributed by atoms with Gasteiger partial charge in [0.25, 0.3) is 5.69 Å². The number of nitrogens with zero attached hydrogens (tertiary/aromatic N) is 3. The molecular weight excluding hydrogens is 356 g/mol. The van der Waals surface area contributed by atoms with Crippen LogP contribution in [0.5, 0.6) is 0 Å². The van der Waals surface area contributed by atoms with E-state index in [1.54, 1.807) is 13.0 Å². The lowest BCUT2D eigenvalue weighted by Crippen LogP contribution is -2.16. The molecule has 0 unspecified atom stereocenters. The summed E-state index contributed by atoms with van der Waals surface area (Å²) >= 11 is 4.16. The van der Waals surface area contributed by atoms with Crippen LogP contribution < -0.4 is 5.32 Å². The average Bonchev–Trinajstić information content (AvgIpc) is 2.97. The van der Waals surface area contributed by atoms with E-state index in [9.17, 15) is 14.9 Å². The van der Waals surface area contributed by atoms with E-state index in [1.165, 1.54) is 40.9 Å². The monoisotopic (exact) mass is 370 g/mol. The number of carbonyl (C=O) groups is 1. The van der Waals surface area contributed by atoms with Crippen molar-refractivity contribution in [1.82, 2.24) is 10.2 Å². The van der Waals surface area contributed by atoms with Crippen molar-refractivity contribution >= 4 is 52.1 Å². The molecule has 122 valence electrons. The molecular formula is C13H14N4O3S3. The molecule has 1 aromatic carbocycles. The van der Waals surface area contributed by atoms with Gasteiger partial charge in [-0.25, -0.2) is 0 Å². The Labute approximate surface area is 145 Å². The van der Waals surface area contributed by atoms with Crippen LogP contribution in [0.25, 0.3) is 0 Å². The third kappa shape index (κ3) is 4.43. The molecule has 0 radical (unpaired) electrons. The molecule has 0 spiro atoms. The smallest absolute Gasteiger partial charge is 0.293 e. The van der Waals surface area contributed by atoms with Gasteiger partial charge in [0.2, 0.25) is 5.91 Å². The second-order valence-corrected chi connectivity index (χ2v) is 7.79. The number of hydrogen-bond donors (Lipinski definition) is 1. The first-order valence-corrected chi connectivity index (χ1v) is 9.49. The first-order valence-electron chi connectivity index (χ1n) is 6.47. The van der Waals surface area contributed by atoms with Crippen molar-refractivity contribution in [2.24, 2.45) is 0 Å². The van der Waals surface area contributed by atoms with Gasteiger partial charge in [-0.1, -0.05) is 40.9 Å². The van der Waals surface area contributed by atoms with Gasteiger partial charge < -0.3 is 5.32 Å². The average molecular weight is 370 g/mol. The maximum Gasteiger partial charge on any atom is 0.293 e. The van der Waals surface area contributed by atoms with Gasteiger partial charge in [-0.05, 0) is 31.2 Å². The first kappa shape index (κ1) is 17.7. The summed E-state index contributed by atoms with van der Waals surface area (Å²) in [6.07, 6.45) is 1.90. The molecule has 0 saturated carbocycles. The minimum atomic E-state index is -0.495. The summed E-state index contributed by atoms with van der Waals surface area (Å²) in [5.74, 6) is -0.194. The zero-order valence-corrected chi connectivity index (χ0v) is 15.1. The van der Waals surface area contributed by atoms with Crippen LogP contribution in [0.1, 0.15) is 11.1 Å². The minimum absolute atomic E-state index is 0.105. The standard InChI is InChI=1S/C13H14N4O3S3/c1-7-4-5-9(17(19)20)11(8(7)2)14-10(18)6-22-13-16-15-12(21-3)23-13/h4-5H,6H2,1-3H3,(H,14,18). The van der Waals surface area contributed by atoms with Crippen LogP contribution in [-0.4, -0.2) is 33.0 Å². The summed E-state index contributed by atoms with van der Waals surface area (Å²) in [4.78, 5) is 22.7. The number of anilines is 1. The number of aromatic nitrogens is 2. The summed E-state index contributed by atoms with van der Waals surface area (Å²) in [7, 11) is 0. The van der Waals surface area contributed by atoms with Gasteiger partial charge in [0.15, 0.2) is 8.68 Å². The highest BCUT2D eigenvalue weighted by Crippen LogP contribution is 2.31. The third-order valence-electron chi connectivity index (χ3n) is 3.06. The normalized spacial score (nSPS) is 10.6. The fraction of sp³-hybridized carbons (Fsp3) is 0.308. The topological polar surface area (TPSA) is 98.0 Å². The minimum Gasteiger partial charge on any atom is -0.319 e. The number of nitro benzene ring substituents is 1. The number of hydrogen-bond acceptors (Lipinski definition) is 8. The molecule has 1 aromatic heterocycles. The molecule has 7 nitrogen and oxygen atoms in total. The molecule has 0 bridgehead atoms. The molecule has 1 amide bonds. The van der Waals surface area contributed by atoms with E-state index < -0.39 is 4.92 Å². The molecule has 1 heterocycles. The Kier molecular flexibility index (Phi) is 5.97. The van der Waals surface area contributed by atoms with Crippen molar-refractivity contribution in [2.45, 2.75) is 22.5 Å². The Morgan fingerprint density at radius 3 is 2.65 bits per heavy atom. The number of aryl methyl sites for hydroxylation is 1. The molecule has 0 aliphatic heterocycles. The Morgan fingerprint density at radius 1 is 1.35 bits per heavy atom. The van der Waals surface area contributed by atoms with E-state index in [1.807, 2.05) is 13.2 Å². The first-order chi connectivity index (χ1) is 10.9. The maximum atomic E-state index is 12.1. The van der Waals surface area contributed by atoms with E-state index in [-0.39, 0.29) is 23.0 Å². The van der Waals surface area contributed by atoms with E-state index >= 15 is 0 Å². The lowest BCUT2D eigenvalue weighted by atomic mass is 10.1. The summed E-state index contributed by atoms with van der Waals surface area (Å²) in [5.41, 5.74) is 1.72. The van der Waals surface area contributed by atoms with Crippen molar-refractivity contribution in [2.75, 3.05) is 17.3 Å². The zero-order valence-electron chi connectivity index (χ0n) is 12.7. The van der Waals surface area contributed by atoms with Crippen LogP contribution >= 0.6 is 34.9 Å². The van der Waals surface area contributed by atoms with Gasteiger partial charge in [-0.15, -0.1) is 10.2 Å². The summed E-state index contributed by atoms with van der Waals surface area (Å²) in [5, 5.41) is 21.7. The lowest BCUT2D eigenvalue weighted by Gasteiger charge is -2.10. The lowest BCUT2D eigenvalue weighted by molar-refractivity contribution is -0.384. The van der Waals surface area contributed by atoms with Gasteiger partial charge in [0.05, 0.1) is 10.7 Å². The van der Waals surface area contributed by atoms with E-state index in [4.69, 9.17) is 0 Å². The number of nitrogens with one attached hydrogen (secondary N) is 1. The maximum absolute atomic E-state index is 12.1. The second-order valence-electron chi connectivity index (χ2n) is 4.53. The molecule has 0 aliphatic rings. The van der Waals surface area contributed by atoms with Crippen molar-refractivity contribution in [1.29, 1.82) is 0 Å². The molecule has 2 rings (SSSR count). The zero-order chi connectivity index (χ0) is 17.0. The van der Waals surface area contributed by atoms with Crippen molar-refractivity contribution in [3.05, 3.63) is 33.4 Å². The molecule has 2 aromatic rings. The Bertz CT molecular complexity index is 748. The number of rotatable bonds is 6.